The molecule has 0 saturated heterocycles. The standard InChI is InChI=1S/C21H17ClFNO3/c1-11-20-12(9-24(10-26-20)13-5-6-13)7-15-19(25)18(27-21(11)15)8-14-16(22)3-2-4-17(14)23/h2-4,7-8,13H,5-6,9-10H2,1H3/b18-8-. The number of ketones is 1. The first-order valence-electron chi connectivity index (χ1n) is 8.94. The lowest BCUT2D eigenvalue weighted by molar-refractivity contribution is 0.0872. The minimum Gasteiger partial charge on any atom is -0.477 e. The first-order chi connectivity index (χ1) is 13.0. The molecule has 2 aliphatic heterocycles. The molecule has 0 atom stereocenters. The Balaban J connectivity index is 1.54. The SMILES string of the molecule is Cc1c2c(cc3c1O/C(=C\c1c(F)cccc1Cl)C3=O)CN(C1CC1)CO2. The van der Waals surface area contributed by atoms with Crippen LogP contribution in [0.1, 0.15) is 39.9 Å². The van der Waals surface area contributed by atoms with Crippen molar-refractivity contribution < 1.29 is 18.7 Å². The normalized spacial score (nSPS) is 20.3. The summed E-state index contributed by atoms with van der Waals surface area (Å²) in [6.07, 6.45) is 3.76. The van der Waals surface area contributed by atoms with Crippen molar-refractivity contribution in [2.45, 2.75) is 32.4 Å². The minimum atomic E-state index is -0.498. The van der Waals surface area contributed by atoms with Gasteiger partial charge in [0.05, 0.1) is 10.6 Å². The van der Waals surface area contributed by atoms with Gasteiger partial charge in [0.2, 0.25) is 5.78 Å². The van der Waals surface area contributed by atoms with Crippen molar-refractivity contribution in [2.75, 3.05) is 6.73 Å². The van der Waals surface area contributed by atoms with Crippen LogP contribution in [0, 0.1) is 12.7 Å². The van der Waals surface area contributed by atoms with E-state index in [4.69, 9.17) is 21.1 Å². The number of hydrogen-bond donors (Lipinski definition) is 0. The maximum Gasteiger partial charge on any atom is 0.231 e. The molecular formula is C21H17ClFNO3. The van der Waals surface area contributed by atoms with Crippen LogP contribution in [0.4, 0.5) is 4.39 Å². The monoisotopic (exact) mass is 385 g/mol. The number of halogens is 2. The summed E-state index contributed by atoms with van der Waals surface area (Å²) in [5, 5.41) is 0.231. The fraction of sp³-hybridized carbons (Fsp3) is 0.286. The smallest absolute Gasteiger partial charge is 0.231 e. The third-order valence-electron chi connectivity index (χ3n) is 5.30. The summed E-state index contributed by atoms with van der Waals surface area (Å²) >= 11 is 6.08. The van der Waals surface area contributed by atoms with Gasteiger partial charge in [0.25, 0.3) is 0 Å². The van der Waals surface area contributed by atoms with E-state index in [0.717, 1.165) is 23.4 Å². The van der Waals surface area contributed by atoms with Gasteiger partial charge in [-0.1, -0.05) is 17.7 Å². The van der Waals surface area contributed by atoms with E-state index in [1.54, 1.807) is 6.07 Å². The minimum absolute atomic E-state index is 0.0708. The van der Waals surface area contributed by atoms with E-state index in [2.05, 4.69) is 4.90 Å². The summed E-state index contributed by atoms with van der Waals surface area (Å²) in [5.74, 6) is 0.572. The van der Waals surface area contributed by atoms with Crippen LogP contribution < -0.4 is 9.47 Å². The molecule has 0 radical (unpaired) electrons. The van der Waals surface area contributed by atoms with Crippen LogP contribution >= 0.6 is 11.6 Å². The molecule has 2 aromatic rings. The molecule has 27 heavy (non-hydrogen) atoms. The number of hydrogen-bond acceptors (Lipinski definition) is 4. The van der Waals surface area contributed by atoms with Gasteiger partial charge in [-0.3, -0.25) is 9.69 Å². The van der Waals surface area contributed by atoms with Gasteiger partial charge < -0.3 is 9.47 Å². The van der Waals surface area contributed by atoms with Crippen LogP contribution in [0.5, 0.6) is 11.5 Å². The molecule has 0 amide bonds. The zero-order valence-electron chi connectivity index (χ0n) is 14.7. The number of allylic oxidation sites excluding steroid dienone is 1. The summed E-state index contributed by atoms with van der Waals surface area (Å²) in [6.45, 7) is 3.20. The molecule has 0 unspecified atom stereocenters. The Morgan fingerprint density at radius 3 is 2.85 bits per heavy atom. The Morgan fingerprint density at radius 1 is 1.30 bits per heavy atom. The summed E-state index contributed by atoms with van der Waals surface area (Å²) < 4.78 is 25.9. The van der Waals surface area contributed by atoms with E-state index < -0.39 is 5.82 Å². The van der Waals surface area contributed by atoms with Crippen molar-refractivity contribution in [3.63, 3.8) is 0 Å². The lowest BCUT2D eigenvalue weighted by Gasteiger charge is -2.30. The number of nitrogens with zero attached hydrogens (tertiary/aromatic N) is 1. The van der Waals surface area contributed by atoms with Gasteiger partial charge in [-0.2, -0.15) is 0 Å². The third-order valence-corrected chi connectivity index (χ3v) is 5.63. The number of Topliss-reactive ketones (excluding diaryl/α,β-unsaturated/α-hetero) is 1. The van der Waals surface area contributed by atoms with Gasteiger partial charge in [0.1, 0.15) is 24.0 Å². The van der Waals surface area contributed by atoms with E-state index in [1.165, 1.54) is 31.1 Å². The highest BCUT2D eigenvalue weighted by Gasteiger charge is 2.37. The lowest BCUT2D eigenvalue weighted by Crippen LogP contribution is -2.34. The van der Waals surface area contributed by atoms with Crippen molar-refractivity contribution >= 4 is 23.5 Å². The average molecular weight is 386 g/mol. The molecule has 5 rings (SSSR count). The first-order valence-corrected chi connectivity index (χ1v) is 9.32. The molecule has 6 heteroatoms. The Labute approximate surface area is 161 Å². The van der Waals surface area contributed by atoms with Gasteiger partial charge in [0.15, 0.2) is 5.76 Å². The highest BCUT2D eigenvalue weighted by atomic mass is 35.5. The van der Waals surface area contributed by atoms with Crippen LogP contribution in [0.3, 0.4) is 0 Å². The fourth-order valence-electron chi connectivity index (χ4n) is 3.72. The first kappa shape index (κ1) is 16.8. The van der Waals surface area contributed by atoms with Gasteiger partial charge in [0, 0.05) is 29.3 Å². The highest BCUT2D eigenvalue weighted by molar-refractivity contribution is 6.32. The largest absolute Gasteiger partial charge is 0.477 e. The number of ether oxygens (including phenoxy) is 2. The number of carbonyl (C=O) groups is 1. The zero-order valence-corrected chi connectivity index (χ0v) is 15.5. The predicted octanol–water partition coefficient (Wildman–Crippen LogP) is 4.72. The second-order valence-electron chi connectivity index (χ2n) is 7.19. The van der Waals surface area contributed by atoms with Crippen LogP contribution in [0.15, 0.2) is 30.0 Å². The number of rotatable bonds is 2. The molecule has 0 bridgehead atoms. The second kappa shape index (κ2) is 6.08. The van der Waals surface area contributed by atoms with Gasteiger partial charge in [-0.15, -0.1) is 0 Å². The summed E-state index contributed by atoms with van der Waals surface area (Å²) in [5.41, 5.74) is 2.43. The molecule has 3 aliphatic rings. The number of benzene rings is 2. The molecular weight excluding hydrogens is 369 g/mol. The molecule has 1 aliphatic carbocycles. The Morgan fingerprint density at radius 2 is 2.11 bits per heavy atom. The molecule has 1 saturated carbocycles. The Bertz CT molecular complexity index is 993. The van der Waals surface area contributed by atoms with Crippen molar-refractivity contribution in [2.24, 2.45) is 0 Å². The average Bonchev–Trinajstić information content (AvgIpc) is 3.45. The van der Waals surface area contributed by atoms with E-state index in [1.807, 2.05) is 13.0 Å². The summed E-state index contributed by atoms with van der Waals surface area (Å²) in [4.78, 5) is 15.2. The maximum atomic E-state index is 14.1. The highest BCUT2D eigenvalue weighted by Crippen LogP contribution is 2.44. The molecule has 4 nitrogen and oxygen atoms in total. The molecule has 2 aromatic carbocycles. The van der Waals surface area contributed by atoms with Crippen LogP contribution in [-0.2, 0) is 6.54 Å². The fourth-order valence-corrected chi connectivity index (χ4v) is 3.94. The quantitative estimate of drug-likeness (QED) is 0.701. The van der Waals surface area contributed by atoms with E-state index in [0.29, 0.717) is 24.1 Å². The maximum absolute atomic E-state index is 14.1. The van der Waals surface area contributed by atoms with Gasteiger partial charge in [-0.25, -0.2) is 4.39 Å². The van der Waals surface area contributed by atoms with Crippen LogP contribution in [0.25, 0.3) is 6.08 Å². The van der Waals surface area contributed by atoms with Crippen molar-refractivity contribution in [1.29, 1.82) is 0 Å². The Kier molecular flexibility index (Phi) is 3.78. The molecule has 138 valence electrons. The predicted molar refractivity (Wildman–Crippen MR) is 99.6 cm³/mol. The van der Waals surface area contributed by atoms with Crippen molar-refractivity contribution in [1.82, 2.24) is 4.90 Å². The molecule has 0 spiro atoms. The number of carbonyl (C=O) groups excluding carboxylic acids is 1. The summed E-state index contributed by atoms with van der Waals surface area (Å²) in [7, 11) is 0. The van der Waals surface area contributed by atoms with Crippen LogP contribution in [0.2, 0.25) is 5.02 Å². The van der Waals surface area contributed by atoms with Crippen LogP contribution in [-0.4, -0.2) is 23.5 Å². The molecule has 2 heterocycles. The van der Waals surface area contributed by atoms with E-state index >= 15 is 0 Å². The third kappa shape index (κ3) is 2.73. The molecule has 0 N–H and O–H groups in total. The van der Waals surface area contributed by atoms with Gasteiger partial charge in [-0.05, 0) is 44.0 Å². The van der Waals surface area contributed by atoms with E-state index in [-0.39, 0.29) is 22.1 Å². The summed E-state index contributed by atoms with van der Waals surface area (Å²) in [6, 6.07) is 6.83. The second-order valence-corrected chi connectivity index (χ2v) is 7.60. The van der Waals surface area contributed by atoms with E-state index in [9.17, 15) is 9.18 Å². The van der Waals surface area contributed by atoms with Gasteiger partial charge >= 0.3 is 0 Å². The lowest BCUT2D eigenvalue weighted by atomic mass is 10.00. The molecule has 0 aromatic heterocycles. The topological polar surface area (TPSA) is 38.8 Å². The number of fused-ring (bicyclic) bond motifs is 2. The van der Waals surface area contributed by atoms with Crippen molar-refractivity contribution in [3.8, 4) is 11.5 Å². The molecule has 1 fully saturated rings. The zero-order chi connectivity index (χ0) is 18.7. The Hall–Kier alpha value is -2.37. The van der Waals surface area contributed by atoms with Crippen molar-refractivity contribution in [3.05, 3.63) is 63.1 Å².